The second-order valence-electron chi connectivity index (χ2n) is 6.90. The summed E-state index contributed by atoms with van der Waals surface area (Å²) < 4.78 is 12.3. The number of nitrogens with zero attached hydrogens (tertiary/aromatic N) is 3. The maximum absolute atomic E-state index is 13.3. The molecule has 0 saturated carbocycles. The molecule has 0 bridgehead atoms. The number of aromatic nitrogens is 2. The average molecular weight is 426 g/mol. The van der Waals surface area contributed by atoms with Crippen molar-refractivity contribution in [1.29, 1.82) is 0 Å². The molecule has 4 aromatic rings. The first-order chi connectivity index (χ1) is 14.3. The summed E-state index contributed by atoms with van der Waals surface area (Å²) >= 11 is 3.02. The molecule has 1 atom stereocenters. The zero-order valence-electron chi connectivity index (χ0n) is 15.6. The highest BCUT2D eigenvalue weighted by atomic mass is 32.1. The normalized spacial score (nSPS) is 16.5. The Morgan fingerprint density at radius 2 is 2.14 bits per heavy atom. The van der Waals surface area contributed by atoms with E-state index in [1.807, 2.05) is 41.8 Å². The number of benzene rings is 1. The second-order valence-corrected chi connectivity index (χ2v) is 8.77. The van der Waals surface area contributed by atoms with E-state index in [9.17, 15) is 4.79 Å². The lowest BCUT2D eigenvalue weighted by Gasteiger charge is -2.22. The molecule has 1 aliphatic heterocycles. The molecule has 4 heterocycles. The van der Waals surface area contributed by atoms with E-state index in [2.05, 4.69) is 4.98 Å². The molecule has 0 radical (unpaired) electrons. The van der Waals surface area contributed by atoms with E-state index in [0.29, 0.717) is 11.7 Å². The molecule has 1 saturated heterocycles. The molecule has 1 aromatic carbocycles. The summed E-state index contributed by atoms with van der Waals surface area (Å²) in [6.45, 7) is 1.28. The van der Waals surface area contributed by atoms with Gasteiger partial charge in [0.15, 0.2) is 15.9 Å². The molecule has 1 amide bonds. The van der Waals surface area contributed by atoms with Gasteiger partial charge >= 0.3 is 0 Å². The van der Waals surface area contributed by atoms with E-state index in [0.717, 1.165) is 46.1 Å². The number of carbonyl (C=O) groups is 1. The van der Waals surface area contributed by atoms with Crippen molar-refractivity contribution in [2.45, 2.75) is 25.4 Å². The SMILES string of the molecule is O=C(Cc1csc(-c2ccco2)n1)N(C[C@H]1CCCO1)c1nc2ccccc2s1. The van der Waals surface area contributed by atoms with Crippen LogP contribution in [0.5, 0.6) is 0 Å². The van der Waals surface area contributed by atoms with E-state index in [-0.39, 0.29) is 18.4 Å². The smallest absolute Gasteiger partial charge is 0.234 e. The van der Waals surface area contributed by atoms with Crippen LogP contribution in [0.15, 0.2) is 52.5 Å². The quantitative estimate of drug-likeness (QED) is 0.445. The molecule has 0 unspecified atom stereocenters. The third-order valence-corrected chi connectivity index (χ3v) is 6.81. The summed E-state index contributed by atoms with van der Waals surface area (Å²) in [5.41, 5.74) is 1.65. The number of para-hydroxylation sites is 1. The van der Waals surface area contributed by atoms with Crippen LogP contribution in [0, 0.1) is 0 Å². The molecule has 8 heteroatoms. The Balaban J connectivity index is 1.39. The summed E-state index contributed by atoms with van der Waals surface area (Å²) in [6, 6.07) is 11.7. The molecule has 0 aliphatic carbocycles. The Bertz CT molecular complexity index is 1080. The molecule has 5 rings (SSSR count). The molecule has 29 heavy (non-hydrogen) atoms. The highest BCUT2D eigenvalue weighted by Crippen LogP contribution is 2.31. The van der Waals surface area contributed by atoms with Crippen molar-refractivity contribution in [3.63, 3.8) is 0 Å². The standard InChI is InChI=1S/C21H19N3O3S2/c25-19(11-14-13-28-20(22-14)17-7-4-10-27-17)24(12-15-5-3-9-26-15)21-23-16-6-1-2-8-18(16)29-21/h1-2,4,6-8,10,13,15H,3,5,9,11-12H2/t15-/m1/s1. The number of anilines is 1. The van der Waals surface area contributed by atoms with E-state index < -0.39 is 0 Å². The predicted octanol–water partition coefficient (Wildman–Crippen LogP) is 4.77. The Kier molecular flexibility index (Phi) is 5.13. The van der Waals surface area contributed by atoms with Crippen LogP contribution in [0.4, 0.5) is 5.13 Å². The number of ether oxygens (including phenoxy) is 1. The predicted molar refractivity (Wildman–Crippen MR) is 114 cm³/mol. The van der Waals surface area contributed by atoms with Crippen LogP contribution in [0.1, 0.15) is 18.5 Å². The highest BCUT2D eigenvalue weighted by molar-refractivity contribution is 7.22. The highest BCUT2D eigenvalue weighted by Gasteiger charge is 2.26. The van der Waals surface area contributed by atoms with E-state index in [1.165, 1.54) is 22.7 Å². The monoisotopic (exact) mass is 425 g/mol. The number of hydrogen-bond acceptors (Lipinski definition) is 7. The van der Waals surface area contributed by atoms with Crippen LogP contribution in [0.2, 0.25) is 0 Å². The van der Waals surface area contributed by atoms with Gasteiger partial charge in [-0.15, -0.1) is 11.3 Å². The molecular weight excluding hydrogens is 406 g/mol. The van der Waals surface area contributed by atoms with Crippen LogP contribution in [-0.4, -0.2) is 35.1 Å². The summed E-state index contributed by atoms with van der Waals surface area (Å²) in [5.74, 6) is 0.701. The zero-order chi connectivity index (χ0) is 19.6. The van der Waals surface area contributed by atoms with Gasteiger partial charge in [0.1, 0.15) is 0 Å². The number of rotatable bonds is 6. The van der Waals surface area contributed by atoms with Crippen LogP contribution >= 0.6 is 22.7 Å². The van der Waals surface area contributed by atoms with Gasteiger partial charge in [0.25, 0.3) is 0 Å². The van der Waals surface area contributed by atoms with Crippen molar-refractivity contribution < 1.29 is 13.9 Å². The van der Waals surface area contributed by atoms with Gasteiger partial charge in [0.2, 0.25) is 5.91 Å². The first kappa shape index (κ1) is 18.5. The van der Waals surface area contributed by atoms with E-state index in [4.69, 9.17) is 14.1 Å². The van der Waals surface area contributed by atoms with Gasteiger partial charge in [0, 0.05) is 12.0 Å². The summed E-state index contributed by atoms with van der Waals surface area (Å²) in [6.07, 6.45) is 3.90. The molecule has 0 N–H and O–H groups in total. The maximum atomic E-state index is 13.3. The first-order valence-corrected chi connectivity index (χ1v) is 11.2. The molecule has 0 spiro atoms. The lowest BCUT2D eigenvalue weighted by atomic mass is 10.2. The third kappa shape index (κ3) is 3.96. The largest absolute Gasteiger partial charge is 0.462 e. The van der Waals surface area contributed by atoms with Crippen LogP contribution in [0.25, 0.3) is 21.0 Å². The van der Waals surface area contributed by atoms with Crippen molar-refractivity contribution in [2.75, 3.05) is 18.1 Å². The second kappa shape index (κ2) is 8.06. The van der Waals surface area contributed by atoms with Crippen molar-refractivity contribution >= 4 is 43.9 Å². The summed E-state index contributed by atoms with van der Waals surface area (Å²) in [5, 5.41) is 3.41. The minimum atomic E-state index is -0.0177. The molecule has 148 valence electrons. The van der Waals surface area contributed by atoms with Gasteiger partial charge in [-0.25, -0.2) is 9.97 Å². The Morgan fingerprint density at radius 3 is 2.93 bits per heavy atom. The fraction of sp³-hybridized carbons (Fsp3) is 0.286. The fourth-order valence-corrected chi connectivity index (χ4v) is 5.18. The molecule has 1 fully saturated rings. The third-order valence-electron chi connectivity index (χ3n) is 4.84. The van der Waals surface area contributed by atoms with E-state index >= 15 is 0 Å². The zero-order valence-corrected chi connectivity index (χ0v) is 17.2. The average Bonchev–Trinajstić information content (AvgIpc) is 3.53. The van der Waals surface area contributed by atoms with Gasteiger partial charge in [0.05, 0.1) is 41.2 Å². The number of furan rings is 1. The molecular formula is C21H19N3O3S2. The number of hydrogen-bond donors (Lipinski definition) is 0. The van der Waals surface area contributed by atoms with Gasteiger partial charge in [-0.3, -0.25) is 9.69 Å². The van der Waals surface area contributed by atoms with Crippen molar-refractivity contribution in [3.8, 4) is 10.8 Å². The van der Waals surface area contributed by atoms with Gasteiger partial charge in [-0.1, -0.05) is 23.5 Å². The number of amides is 1. The van der Waals surface area contributed by atoms with Crippen LogP contribution in [0.3, 0.4) is 0 Å². The molecule has 1 aliphatic rings. The van der Waals surface area contributed by atoms with Crippen LogP contribution in [-0.2, 0) is 16.0 Å². The van der Waals surface area contributed by atoms with Gasteiger partial charge in [-0.05, 0) is 37.1 Å². The number of thiazole rings is 2. The first-order valence-electron chi connectivity index (χ1n) is 9.52. The lowest BCUT2D eigenvalue weighted by molar-refractivity contribution is -0.118. The van der Waals surface area contributed by atoms with Crippen molar-refractivity contribution in [2.24, 2.45) is 0 Å². The molecule has 6 nitrogen and oxygen atoms in total. The van der Waals surface area contributed by atoms with Gasteiger partial charge in [-0.2, -0.15) is 0 Å². The van der Waals surface area contributed by atoms with Gasteiger partial charge < -0.3 is 9.15 Å². The van der Waals surface area contributed by atoms with E-state index in [1.54, 1.807) is 11.2 Å². The minimum absolute atomic E-state index is 0.0177. The van der Waals surface area contributed by atoms with Crippen molar-refractivity contribution in [1.82, 2.24) is 9.97 Å². The lowest BCUT2D eigenvalue weighted by Crippen LogP contribution is -2.38. The maximum Gasteiger partial charge on any atom is 0.234 e. The summed E-state index contributed by atoms with van der Waals surface area (Å²) in [7, 11) is 0. The van der Waals surface area contributed by atoms with Crippen LogP contribution < -0.4 is 4.90 Å². The fourth-order valence-electron chi connectivity index (χ4n) is 3.41. The van der Waals surface area contributed by atoms with Crippen molar-refractivity contribution in [3.05, 3.63) is 53.7 Å². The topological polar surface area (TPSA) is 68.5 Å². The Hall–Kier alpha value is -2.55. The summed E-state index contributed by atoms with van der Waals surface area (Å²) in [4.78, 5) is 24.3. The minimum Gasteiger partial charge on any atom is -0.462 e. The Morgan fingerprint density at radius 1 is 1.21 bits per heavy atom. The number of fused-ring (bicyclic) bond motifs is 1. The number of carbonyl (C=O) groups excluding carboxylic acids is 1. The Labute approximate surface area is 175 Å². The molecule has 3 aromatic heterocycles.